The highest BCUT2D eigenvalue weighted by Gasteiger charge is 2.19. The molecule has 6 heteroatoms. The van der Waals surface area contributed by atoms with Gasteiger partial charge in [0.15, 0.2) is 6.10 Å². The zero-order valence-electron chi connectivity index (χ0n) is 40.9. The van der Waals surface area contributed by atoms with Gasteiger partial charge in [0.2, 0.25) is 0 Å². The molecule has 0 aromatic carbocycles. The van der Waals surface area contributed by atoms with Crippen molar-refractivity contribution in [2.24, 2.45) is 0 Å². The predicted octanol–water partition coefficient (Wildman–Crippen LogP) is 16.6. The highest BCUT2D eigenvalue weighted by Crippen LogP contribution is 2.09. The number of hydrogen-bond donors (Lipinski definition) is 0. The molecule has 360 valence electrons. The van der Waals surface area contributed by atoms with Crippen molar-refractivity contribution in [3.05, 3.63) is 158 Å². The summed E-state index contributed by atoms with van der Waals surface area (Å²) in [5, 5.41) is 0. The van der Waals surface area contributed by atoms with E-state index >= 15 is 0 Å². The van der Waals surface area contributed by atoms with Crippen LogP contribution in [0.1, 0.15) is 175 Å². The maximum Gasteiger partial charge on any atom is 0.306 e. The third kappa shape index (κ3) is 49.9. The van der Waals surface area contributed by atoms with Crippen molar-refractivity contribution in [3.63, 3.8) is 0 Å². The van der Waals surface area contributed by atoms with Crippen molar-refractivity contribution >= 4 is 17.9 Å². The Morgan fingerprint density at radius 3 is 1.12 bits per heavy atom. The molecule has 0 fully saturated rings. The minimum atomic E-state index is -0.863. The Hall–Kier alpha value is -4.97. The first-order valence-electron chi connectivity index (χ1n) is 25.1. The molecule has 0 saturated carbocycles. The molecule has 0 aliphatic rings. The number of allylic oxidation sites excluding steroid dienone is 26. The van der Waals surface area contributed by atoms with Crippen molar-refractivity contribution in [2.75, 3.05) is 13.2 Å². The van der Waals surface area contributed by atoms with Crippen LogP contribution in [0.4, 0.5) is 0 Å². The van der Waals surface area contributed by atoms with E-state index in [2.05, 4.69) is 124 Å². The second-order valence-corrected chi connectivity index (χ2v) is 15.7. The lowest BCUT2D eigenvalue weighted by atomic mass is 10.1. The van der Waals surface area contributed by atoms with Crippen LogP contribution < -0.4 is 0 Å². The molecule has 6 nitrogen and oxygen atoms in total. The Morgan fingerprint density at radius 1 is 0.338 bits per heavy atom. The Balaban J connectivity index is 4.69. The lowest BCUT2D eigenvalue weighted by molar-refractivity contribution is -0.166. The van der Waals surface area contributed by atoms with E-state index in [-0.39, 0.29) is 44.4 Å². The lowest BCUT2D eigenvalue weighted by Crippen LogP contribution is -2.30. The van der Waals surface area contributed by atoms with Crippen LogP contribution >= 0.6 is 0 Å². The highest BCUT2D eigenvalue weighted by molar-refractivity contribution is 5.71. The topological polar surface area (TPSA) is 78.9 Å². The van der Waals surface area contributed by atoms with Crippen LogP contribution in [0, 0.1) is 0 Å². The Labute approximate surface area is 397 Å². The molecular formula is C59H88O6. The van der Waals surface area contributed by atoms with Crippen LogP contribution in [0.5, 0.6) is 0 Å². The standard InChI is InChI=1S/C59H88O6/c1-4-7-10-13-16-19-22-25-27-29-31-34-37-40-43-46-49-52-58(61)64-55-56(54-63-57(60)51-48-45-42-39-36-33-24-21-18-15-12-9-6-3)65-59(62)53-50-47-44-41-38-35-32-30-28-26-23-20-17-14-11-8-5-2/h7,9-10,12,15-16,18-19,21,24-28,31-36,39-44,56H,4-6,8,11,13-14,17,20,22-23,29-30,37-38,45-55H2,1-3H3/b10-7-,12-9-,18-15-,19-16-,24-21-,27-25-,28-26-,34-31-,35-32-,36-33-,42-39-,43-40-,44-41-. The quantitative estimate of drug-likeness (QED) is 0.0200. The van der Waals surface area contributed by atoms with Gasteiger partial charge in [-0.2, -0.15) is 0 Å². The van der Waals surface area contributed by atoms with Gasteiger partial charge in [-0.25, -0.2) is 0 Å². The van der Waals surface area contributed by atoms with Crippen molar-refractivity contribution in [1.82, 2.24) is 0 Å². The molecule has 0 saturated heterocycles. The second-order valence-electron chi connectivity index (χ2n) is 15.7. The van der Waals surface area contributed by atoms with Crippen LogP contribution in [0.2, 0.25) is 0 Å². The van der Waals surface area contributed by atoms with Gasteiger partial charge >= 0.3 is 17.9 Å². The molecular weight excluding hydrogens is 805 g/mol. The second kappa shape index (κ2) is 51.7. The summed E-state index contributed by atoms with van der Waals surface area (Å²) in [6, 6.07) is 0. The van der Waals surface area contributed by atoms with E-state index in [0.29, 0.717) is 19.3 Å². The molecule has 0 aromatic rings. The molecule has 1 atom stereocenters. The minimum absolute atomic E-state index is 0.158. The van der Waals surface area contributed by atoms with Gasteiger partial charge in [-0.15, -0.1) is 0 Å². The summed E-state index contributed by atoms with van der Waals surface area (Å²) < 4.78 is 16.6. The van der Waals surface area contributed by atoms with Crippen LogP contribution in [0.15, 0.2) is 158 Å². The highest BCUT2D eigenvalue weighted by atomic mass is 16.6. The summed E-state index contributed by atoms with van der Waals surface area (Å²) in [6.45, 7) is 6.18. The molecule has 0 aliphatic carbocycles. The van der Waals surface area contributed by atoms with Crippen molar-refractivity contribution < 1.29 is 28.6 Å². The monoisotopic (exact) mass is 893 g/mol. The average molecular weight is 893 g/mol. The Bertz CT molecular complexity index is 1540. The maximum absolute atomic E-state index is 12.8. The number of carbonyl (C=O) groups excluding carboxylic acids is 3. The van der Waals surface area contributed by atoms with Crippen LogP contribution in [-0.2, 0) is 28.6 Å². The molecule has 0 heterocycles. The first-order valence-corrected chi connectivity index (χ1v) is 25.1. The normalized spacial score (nSPS) is 13.5. The minimum Gasteiger partial charge on any atom is -0.462 e. The number of ether oxygens (including phenoxy) is 3. The molecule has 0 amide bonds. The number of rotatable bonds is 42. The molecule has 0 rings (SSSR count). The van der Waals surface area contributed by atoms with Crippen LogP contribution in [-0.4, -0.2) is 37.2 Å². The van der Waals surface area contributed by atoms with E-state index in [4.69, 9.17) is 14.2 Å². The molecule has 0 N–H and O–H groups in total. The number of carbonyl (C=O) groups is 3. The zero-order chi connectivity index (χ0) is 47.2. The van der Waals surface area contributed by atoms with E-state index in [9.17, 15) is 14.4 Å². The van der Waals surface area contributed by atoms with Gasteiger partial charge in [0.1, 0.15) is 13.2 Å². The molecule has 65 heavy (non-hydrogen) atoms. The Morgan fingerprint density at radius 2 is 0.677 bits per heavy atom. The van der Waals surface area contributed by atoms with E-state index in [1.165, 1.54) is 44.9 Å². The third-order valence-corrected chi connectivity index (χ3v) is 9.63. The van der Waals surface area contributed by atoms with E-state index in [0.717, 1.165) is 70.6 Å². The summed E-state index contributed by atoms with van der Waals surface area (Å²) in [7, 11) is 0. The lowest BCUT2D eigenvalue weighted by Gasteiger charge is -2.18. The Kier molecular flexibility index (Phi) is 47.7. The number of esters is 3. The first-order chi connectivity index (χ1) is 32.0. The summed E-state index contributed by atoms with van der Waals surface area (Å²) in [5.41, 5.74) is 0. The molecule has 0 bridgehead atoms. The fraction of sp³-hybridized carbons (Fsp3) is 0.508. The van der Waals surface area contributed by atoms with Crippen molar-refractivity contribution in [2.45, 2.75) is 181 Å². The fourth-order valence-corrected chi connectivity index (χ4v) is 5.93. The van der Waals surface area contributed by atoms with Crippen molar-refractivity contribution in [1.29, 1.82) is 0 Å². The number of unbranched alkanes of at least 4 members (excludes halogenated alkanes) is 9. The smallest absolute Gasteiger partial charge is 0.306 e. The van der Waals surface area contributed by atoms with E-state index in [1.54, 1.807) is 0 Å². The average Bonchev–Trinajstić information content (AvgIpc) is 3.30. The van der Waals surface area contributed by atoms with Gasteiger partial charge in [0.05, 0.1) is 0 Å². The molecule has 1 unspecified atom stereocenters. The van der Waals surface area contributed by atoms with Gasteiger partial charge in [-0.1, -0.05) is 211 Å². The predicted molar refractivity (Wildman–Crippen MR) is 278 cm³/mol. The summed E-state index contributed by atoms with van der Waals surface area (Å²) >= 11 is 0. The van der Waals surface area contributed by atoms with Crippen LogP contribution in [0.25, 0.3) is 0 Å². The third-order valence-electron chi connectivity index (χ3n) is 9.63. The van der Waals surface area contributed by atoms with Gasteiger partial charge in [0.25, 0.3) is 0 Å². The van der Waals surface area contributed by atoms with E-state index < -0.39 is 12.1 Å². The van der Waals surface area contributed by atoms with Crippen molar-refractivity contribution in [3.8, 4) is 0 Å². The fourth-order valence-electron chi connectivity index (χ4n) is 5.93. The van der Waals surface area contributed by atoms with Gasteiger partial charge in [-0.05, 0) is 103 Å². The van der Waals surface area contributed by atoms with Gasteiger partial charge < -0.3 is 14.2 Å². The number of hydrogen-bond acceptors (Lipinski definition) is 6. The zero-order valence-corrected chi connectivity index (χ0v) is 40.9. The largest absolute Gasteiger partial charge is 0.462 e. The molecule has 0 aliphatic heterocycles. The summed E-state index contributed by atoms with van der Waals surface area (Å²) in [5.74, 6) is -1.16. The summed E-state index contributed by atoms with van der Waals surface area (Å²) in [4.78, 5) is 37.9. The molecule has 0 spiro atoms. The van der Waals surface area contributed by atoms with Crippen LogP contribution in [0.3, 0.4) is 0 Å². The first kappa shape index (κ1) is 60.0. The molecule has 0 aromatic heterocycles. The van der Waals surface area contributed by atoms with E-state index in [1.807, 2.05) is 54.7 Å². The van der Waals surface area contributed by atoms with Gasteiger partial charge in [-0.3, -0.25) is 14.4 Å². The maximum atomic E-state index is 12.8. The SMILES string of the molecule is CC\C=C/C=C\C=C/C=C\C=C/CCCC(=O)OCC(COC(=O)CCC/C=C\C/C=C\C/C=C\C/C=C\C/C=C\CC)OC(=O)CCC/C=C\C/C=C\C/C=C\CCCCCCCC. The van der Waals surface area contributed by atoms with Gasteiger partial charge in [0, 0.05) is 19.3 Å². The summed E-state index contributed by atoms with van der Waals surface area (Å²) in [6.07, 6.45) is 75.3. The molecule has 0 radical (unpaired) electrons.